The number of rotatable bonds is 7. The zero-order valence-electron chi connectivity index (χ0n) is 13.8. The summed E-state index contributed by atoms with van der Waals surface area (Å²) >= 11 is 0. The van der Waals surface area contributed by atoms with E-state index >= 15 is 0 Å². The first-order valence-corrected chi connectivity index (χ1v) is 8.22. The predicted octanol–water partition coefficient (Wildman–Crippen LogP) is 3.40. The molecule has 0 saturated heterocycles. The summed E-state index contributed by atoms with van der Waals surface area (Å²) in [6.45, 7) is 4.01. The van der Waals surface area contributed by atoms with Crippen molar-refractivity contribution in [3.63, 3.8) is 0 Å². The van der Waals surface area contributed by atoms with Gasteiger partial charge in [-0.05, 0) is 61.4 Å². The molecule has 0 heterocycles. The van der Waals surface area contributed by atoms with E-state index in [1.165, 1.54) is 0 Å². The summed E-state index contributed by atoms with van der Waals surface area (Å²) in [5.41, 5.74) is 1.76. The molecule has 1 saturated carbocycles. The summed E-state index contributed by atoms with van der Waals surface area (Å²) < 4.78 is 5.39. The fourth-order valence-electron chi connectivity index (χ4n) is 2.26. The fraction of sp³-hybridized carbons (Fsp3) is 0.200. The fourth-order valence-corrected chi connectivity index (χ4v) is 2.26. The maximum Gasteiger partial charge on any atom is 0.255 e. The second-order valence-corrected chi connectivity index (χ2v) is 5.90. The van der Waals surface area contributed by atoms with Crippen LogP contribution < -0.4 is 15.4 Å². The molecule has 0 atom stereocenters. The van der Waals surface area contributed by atoms with Crippen LogP contribution in [0.2, 0.25) is 0 Å². The summed E-state index contributed by atoms with van der Waals surface area (Å²) in [6, 6.07) is 14.1. The van der Waals surface area contributed by atoms with E-state index in [0.717, 1.165) is 12.8 Å². The van der Waals surface area contributed by atoms with Gasteiger partial charge in [0.2, 0.25) is 0 Å². The predicted molar refractivity (Wildman–Crippen MR) is 97.0 cm³/mol. The highest BCUT2D eigenvalue weighted by Crippen LogP contribution is 2.20. The van der Waals surface area contributed by atoms with Gasteiger partial charge in [-0.1, -0.05) is 12.7 Å². The van der Waals surface area contributed by atoms with Crippen LogP contribution in [0.15, 0.2) is 61.2 Å². The van der Waals surface area contributed by atoms with Gasteiger partial charge < -0.3 is 15.4 Å². The third-order valence-electron chi connectivity index (χ3n) is 3.80. The Balaban J connectivity index is 1.58. The quantitative estimate of drug-likeness (QED) is 0.762. The summed E-state index contributed by atoms with van der Waals surface area (Å²) in [6.07, 6.45) is 3.77. The Morgan fingerprint density at radius 2 is 1.60 bits per heavy atom. The highest BCUT2D eigenvalue weighted by molar-refractivity contribution is 6.04. The zero-order chi connectivity index (χ0) is 17.6. The number of carbonyl (C=O) groups excluding carboxylic acids is 2. The standard InChI is InChI=1S/C20H20N2O3/c1-2-13-25-18-11-5-15(6-12-18)20(24)21-16-7-3-14(4-8-16)19(23)22-17-9-10-17/h2-8,11-12,17H,1,9-10,13H2,(H,21,24)(H,22,23). The Morgan fingerprint density at radius 1 is 1.00 bits per heavy atom. The molecule has 0 aromatic heterocycles. The number of anilines is 1. The lowest BCUT2D eigenvalue weighted by Crippen LogP contribution is -2.25. The van der Waals surface area contributed by atoms with Gasteiger partial charge in [0.25, 0.3) is 11.8 Å². The van der Waals surface area contributed by atoms with Crippen LogP contribution in [-0.2, 0) is 0 Å². The molecule has 2 aromatic carbocycles. The lowest BCUT2D eigenvalue weighted by atomic mass is 10.1. The minimum atomic E-state index is -0.217. The molecule has 1 aliphatic rings. The van der Waals surface area contributed by atoms with Crippen molar-refractivity contribution >= 4 is 17.5 Å². The Hall–Kier alpha value is -3.08. The van der Waals surface area contributed by atoms with Gasteiger partial charge in [0, 0.05) is 22.9 Å². The highest BCUT2D eigenvalue weighted by Gasteiger charge is 2.23. The molecule has 1 aliphatic carbocycles. The van der Waals surface area contributed by atoms with E-state index in [0.29, 0.717) is 35.2 Å². The first-order valence-electron chi connectivity index (χ1n) is 8.22. The van der Waals surface area contributed by atoms with E-state index < -0.39 is 0 Å². The number of ether oxygens (including phenoxy) is 1. The summed E-state index contributed by atoms with van der Waals surface area (Å²) in [7, 11) is 0. The lowest BCUT2D eigenvalue weighted by molar-refractivity contribution is 0.0950. The molecule has 3 rings (SSSR count). The third-order valence-corrected chi connectivity index (χ3v) is 3.80. The van der Waals surface area contributed by atoms with Crippen LogP contribution in [0.5, 0.6) is 5.75 Å². The van der Waals surface area contributed by atoms with E-state index in [9.17, 15) is 9.59 Å². The Bertz CT molecular complexity index is 763. The molecule has 0 spiro atoms. The molecule has 0 aliphatic heterocycles. The number of amides is 2. The van der Waals surface area contributed by atoms with Crippen molar-refractivity contribution in [1.29, 1.82) is 0 Å². The van der Waals surface area contributed by atoms with E-state index in [1.54, 1.807) is 54.6 Å². The van der Waals surface area contributed by atoms with Gasteiger partial charge in [0.15, 0.2) is 0 Å². The average molecular weight is 336 g/mol. The first kappa shape index (κ1) is 16.8. The minimum Gasteiger partial charge on any atom is -0.490 e. The minimum absolute atomic E-state index is 0.0736. The van der Waals surface area contributed by atoms with Crippen LogP contribution in [0.25, 0.3) is 0 Å². The maximum atomic E-state index is 12.3. The maximum absolute atomic E-state index is 12.3. The van der Waals surface area contributed by atoms with Crippen LogP contribution in [-0.4, -0.2) is 24.5 Å². The molecule has 0 bridgehead atoms. The molecule has 1 fully saturated rings. The monoisotopic (exact) mass is 336 g/mol. The van der Waals surface area contributed by atoms with Gasteiger partial charge >= 0.3 is 0 Å². The summed E-state index contributed by atoms with van der Waals surface area (Å²) in [5.74, 6) is 0.392. The van der Waals surface area contributed by atoms with Crippen LogP contribution in [0.3, 0.4) is 0 Å². The van der Waals surface area contributed by atoms with Crippen molar-refractivity contribution in [3.8, 4) is 5.75 Å². The second-order valence-electron chi connectivity index (χ2n) is 5.90. The molecule has 128 valence electrons. The normalized spacial score (nSPS) is 13.0. The van der Waals surface area contributed by atoms with Crippen LogP contribution in [0.4, 0.5) is 5.69 Å². The molecule has 25 heavy (non-hydrogen) atoms. The number of hydrogen-bond acceptors (Lipinski definition) is 3. The Kier molecular flexibility index (Phi) is 5.14. The molecular formula is C20H20N2O3. The molecule has 5 nitrogen and oxygen atoms in total. The van der Waals surface area contributed by atoms with Crippen LogP contribution in [0.1, 0.15) is 33.6 Å². The molecule has 5 heteroatoms. The van der Waals surface area contributed by atoms with Crippen molar-refractivity contribution in [1.82, 2.24) is 5.32 Å². The second kappa shape index (κ2) is 7.66. The third kappa shape index (κ3) is 4.70. The van der Waals surface area contributed by atoms with E-state index in [4.69, 9.17) is 4.74 Å². The molecule has 2 N–H and O–H groups in total. The van der Waals surface area contributed by atoms with E-state index in [1.807, 2.05) is 0 Å². The van der Waals surface area contributed by atoms with Gasteiger partial charge in [-0.25, -0.2) is 0 Å². The summed E-state index contributed by atoms with van der Waals surface area (Å²) in [5, 5.41) is 5.74. The topological polar surface area (TPSA) is 67.4 Å². The zero-order valence-corrected chi connectivity index (χ0v) is 13.8. The van der Waals surface area contributed by atoms with Crippen molar-refractivity contribution in [2.45, 2.75) is 18.9 Å². The lowest BCUT2D eigenvalue weighted by Gasteiger charge is -2.08. The van der Waals surface area contributed by atoms with E-state index in [2.05, 4.69) is 17.2 Å². The highest BCUT2D eigenvalue weighted by atomic mass is 16.5. The summed E-state index contributed by atoms with van der Waals surface area (Å²) in [4.78, 5) is 24.2. The van der Waals surface area contributed by atoms with Crippen molar-refractivity contribution in [2.75, 3.05) is 11.9 Å². The van der Waals surface area contributed by atoms with Crippen molar-refractivity contribution < 1.29 is 14.3 Å². The van der Waals surface area contributed by atoms with Crippen LogP contribution >= 0.6 is 0 Å². The average Bonchev–Trinajstić information content (AvgIpc) is 3.45. The molecule has 0 unspecified atom stereocenters. The largest absolute Gasteiger partial charge is 0.490 e. The van der Waals surface area contributed by atoms with Gasteiger partial charge in [0.05, 0.1) is 0 Å². The van der Waals surface area contributed by atoms with Gasteiger partial charge in [-0.3, -0.25) is 9.59 Å². The van der Waals surface area contributed by atoms with Crippen molar-refractivity contribution in [2.24, 2.45) is 0 Å². The van der Waals surface area contributed by atoms with E-state index in [-0.39, 0.29) is 11.8 Å². The number of hydrogen-bond donors (Lipinski definition) is 2. The van der Waals surface area contributed by atoms with Gasteiger partial charge in [0.1, 0.15) is 12.4 Å². The Morgan fingerprint density at radius 3 is 2.20 bits per heavy atom. The Labute approximate surface area is 146 Å². The first-order chi connectivity index (χ1) is 12.2. The van der Waals surface area contributed by atoms with Gasteiger partial charge in [-0.2, -0.15) is 0 Å². The molecule has 2 aromatic rings. The SMILES string of the molecule is C=CCOc1ccc(C(=O)Nc2ccc(C(=O)NC3CC3)cc2)cc1. The van der Waals surface area contributed by atoms with Crippen LogP contribution in [0, 0.1) is 0 Å². The smallest absolute Gasteiger partial charge is 0.255 e. The number of nitrogens with one attached hydrogen (secondary N) is 2. The number of benzene rings is 2. The van der Waals surface area contributed by atoms with Crippen molar-refractivity contribution in [3.05, 3.63) is 72.3 Å². The molecule has 0 radical (unpaired) electrons. The molecular weight excluding hydrogens is 316 g/mol. The van der Waals surface area contributed by atoms with Gasteiger partial charge in [-0.15, -0.1) is 0 Å². The number of carbonyl (C=O) groups is 2. The molecule has 2 amide bonds.